The lowest BCUT2D eigenvalue weighted by Gasteiger charge is -2.16. The minimum absolute atomic E-state index is 0.248. The molecule has 0 spiro atoms. The highest BCUT2D eigenvalue weighted by molar-refractivity contribution is 9.10. The number of hydrogen-bond donors (Lipinski definition) is 0. The highest BCUT2D eigenvalue weighted by Crippen LogP contribution is 2.53. The molecule has 1 atom stereocenters. The van der Waals surface area contributed by atoms with E-state index in [2.05, 4.69) is 47.1 Å². The topological polar surface area (TPSA) is 0 Å². The van der Waals surface area contributed by atoms with Crippen LogP contribution in [-0.2, 0) is 6.42 Å². The van der Waals surface area contributed by atoms with E-state index in [1.165, 1.54) is 34.2 Å². The lowest BCUT2D eigenvalue weighted by molar-refractivity contribution is 0.627. The van der Waals surface area contributed by atoms with Crippen molar-refractivity contribution in [3.63, 3.8) is 0 Å². The van der Waals surface area contributed by atoms with Gasteiger partial charge in [0.25, 0.3) is 0 Å². The number of benzene rings is 4. The monoisotopic (exact) mass is 458 g/mol. The van der Waals surface area contributed by atoms with Gasteiger partial charge in [0, 0.05) is 4.47 Å². The Labute approximate surface area is 182 Å². The van der Waals surface area contributed by atoms with Crippen molar-refractivity contribution in [2.24, 2.45) is 5.92 Å². The molecule has 0 N–H and O–H groups in total. The van der Waals surface area contributed by atoms with Gasteiger partial charge < -0.3 is 0 Å². The predicted octanol–water partition coefficient (Wildman–Crippen LogP) is 8.01. The first-order valence-electron chi connectivity index (χ1n) is 10.1. The van der Waals surface area contributed by atoms with Gasteiger partial charge in [-0.25, -0.2) is 8.78 Å². The maximum absolute atomic E-state index is 14.3. The van der Waals surface area contributed by atoms with Gasteiger partial charge in [0.15, 0.2) is 0 Å². The molecule has 0 amide bonds. The van der Waals surface area contributed by atoms with Crippen LogP contribution in [0.25, 0.3) is 33.0 Å². The second-order valence-electron chi connectivity index (χ2n) is 8.21. The lowest BCUT2D eigenvalue weighted by Crippen LogP contribution is -1.97. The first-order chi connectivity index (χ1) is 14.5. The molecule has 4 aromatic carbocycles. The summed E-state index contributed by atoms with van der Waals surface area (Å²) in [4.78, 5) is 0. The average Bonchev–Trinajstić information content (AvgIpc) is 3.20. The van der Waals surface area contributed by atoms with Crippen LogP contribution in [0.3, 0.4) is 0 Å². The van der Waals surface area contributed by atoms with Crippen molar-refractivity contribution in [2.75, 3.05) is 0 Å². The van der Waals surface area contributed by atoms with E-state index < -0.39 is 0 Å². The van der Waals surface area contributed by atoms with Crippen molar-refractivity contribution in [3.05, 3.63) is 105 Å². The van der Waals surface area contributed by atoms with E-state index >= 15 is 0 Å². The number of fused-ring (bicyclic) bond motifs is 6. The fourth-order valence-electron chi connectivity index (χ4n) is 5.27. The largest absolute Gasteiger partial charge is 0.207 e. The van der Waals surface area contributed by atoms with Crippen molar-refractivity contribution in [3.8, 4) is 11.1 Å². The van der Waals surface area contributed by atoms with Gasteiger partial charge in [-0.3, -0.25) is 0 Å². The average molecular weight is 459 g/mol. The van der Waals surface area contributed by atoms with Crippen LogP contribution in [0.5, 0.6) is 0 Å². The van der Waals surface area contributed by atoms with Gasteiger partial charge in [-0.1, -0.05) is 59.3 Å². The fourth-order valence-corrected chi connectivity index (χ4v) is 5.89. The summed E-state index contributed by atoms with van der Waals surface area (Å²) in [6, 6.07) is 20.3. The van der Waals surface area contributed by atoms with Gasteiger partial charge >= 0.3 is 0 Å². The second kappa shape index (κ2) is 6.36. The summed E-state index contributed by atoms with van der Waals surface area (Å²) in [5.74, 6) is -0.295. The Morgan fingerprint density at radius 3 is 2.00 bits per heavy atom. The first kappa shape index (κ1) is 18.0. The molecule has 0 aromatic heterocycles. The molecular formula is C27H17BrF2. The fraction of sp³-hybridized carbons (Fsp3) is 0.111. The molecule has 2 aliphatic rings. The third-order valence-electron chi connectivity index (χ3n) is 6.43. The molecule has 146 valence electrons. The van der Waals surface area contributed by atoms with Gasteiger partial charge in [0.05, 0.1) is 0 Å². The van der Waals surface area contributed by atoms with E-state index in [0.29, 0.717) is 0 Å². The van der Waals surface area contributed by atoms with E-state index in [1.807, 2.05) is 18.2 Å². The SMILES string of the molecule is CC1Cc2cc(Br)c3ccccc3c2C1=C1c2cc(F)ccc2-c2ccc(F)cc21. The van der Waals surface area contributed by atoms with Crippen molar-refractivity contribution < 1.29 is 8.78 Å². The maximum atomic E-state index is 14.3. The summed E-state index contributed by atoms with van der Waals surface area (Å²) < 4.78 is 29.7. The smallest absolute Gasteiger partial charge is 0.123 e. The molecule has 0 bridgehead atoms. The van der Waals surface area contributed by atoms with Gasteiger partial charge in [-0.05, 0) is 98.0 Å². The van der Waals surface area contributed by atoms with E-state index in [1.54, 1.807) is 12.1 Å². The molecule has 0 heterocycles. The Balaban J connectivity index is 1.79. The van der Waals surface area contributed by atoms with Gasteiger partial charge in [-0.15, -0.1) is 0 Å². The summed E-state index contributed by atoms with van der Waals surface area (Å²) in [5, 5.41) is 2.33. The number of allylic oxidation sites excluding steroid dienone is 1. The van der Waals surface area contributed by atoms with Gasteiger partial charge in [-0.2, -0.15) is 0 Å². The highest BCUT2D eigenvalue weighted by atomic mass is 79.9. The standard InChI is InChI=1S/C27H17BrF2/c1-14-10-15-11-24(28)20-4-2-3-5-21(20)26(15)25(14)27-22-12-16(29)6-8-18(22)19-9-7-17(30)13-23(19)27/h2-9,11-14H,10H2,1H3. The normalized spacial score (nSPS) is 16.7. The minimum atomic E-state index is -0.272. The zero-order chi connectivity index (χ0) is 20.6. The molecule has 0 saturated heterocycles. The highest BCUT2D eigenvalue weighted by Gasteiger charge is 2.34. The molecule has 3 heteroatoms. The summed E-state index contributed by atoms with van der Waals surface area (Å²) in [5.41, 5.74) is 8.30. The Kier molecular flexibility index (Phi) is 3.82. The van der Waals surface area contributed by atoms with E-state index in [9.17, 15) is 8.78 Å². The summed E-state index contributed by atoms with van der Waals surface area (Å²) >= 11 is 3.73. The van der Waals surface area contributed by atoms with Crippen molar-refractivity contribution in [1.29, 1.82) is 0 Å². The molecule has 2 aliphatic carbocycles. The van der Waals surface area contributed by atoms with E-state index in [4.69, 9.17) is 0 Å². The van der Waals surface area contributed by atoms with Crippen LogP contribution in [0.2, 0.25) is 0 Å². The molecule has 0 saturated carbocycles. The minimum Gasteiger partial charge on any atom is -0.207 e. The maximum Gasteiger partial charge on any atom is 0.123 e. The Bertz CT molecular complexity index is 1360. The third kappa shape index (κ3) is 2.42. The Morgan fingerprint density at radius 1 is 0.767 bits per heavy atom. The van der Waals surface area contributed by atoms with Crippen LogP contribution >= 0.6 is 15.9 Å². The Morgan fingerprint density at radius 2 is 1.37 bits per heavy atom. The molecule has 0 fully saturated rings. The lowest BCUT2D eigenvalue weighted by atomic mass is 9.88. The second-order valence-corrected chi connectivity index (χ2v) is 9.07. The van der Waals surface area contributed by atoms with Crippen LogP contribution in [0, 0.1) is 17.6 Å². The van der Waals surface area contributed by atoms with Crippen LogP contribution in [0.4, 0.5) is 8.78 Å². The quantitative estimate of drug-likeness (QED) is 0.220. The first-order valence-corrected chi connectivity index (χ1v) is 10.9. The number of halogens is 3. The van der Waals surface area contributed by atoms with Crippen molar-refractivity contribution in [2.45, 2.75) is 13.3 Å². The van der Waals surface area contributed by atoms with Crippen molar-refractivity contribution in [1.82, 2.24) is 0 Å². The van der Waals surface area contributed by atoms with Crippen molar-refractivity contribution >= 4 is 37.8 Å². The molecule has 0 radical (unpaired) electrons. The molecule has 6 rings (SSSR count). The van der Waals surface area contributed by atoms with Gasteiger partial charge in [0.1, 0.15) is 11.6 Å². The molecule has 30 heavy (non-hydrogen) atoms. The van der Waals surface area contributed by atoms with Gasteiger partial charge in [0.2, 0.25) is 0 Å². The van der Waals surface area contributed by atoms with Crippen LogP contribution in [0.1, 0.15) is 29.2 Å². The predicted molar refractivity (Wildman–Crippen MR) is 122 cm³/mol. The van der Waals surface area contributed by atoms with Crippen LogP contribution in [-0.4, -0.2) is 0 Å². The van der Waals surface area contributed by atoms with E-state index in [-0.39, 0.29) is 17.6 Å². The third-order valence-corrected chi connectivity index (χ3v) is 7.08. The van der Waals surface area contributed by atoms with Crippen LogP contribution < -0.4 is 0 Å². The molecule has 4 aromatic rings. The number of rotatable bonds is 0. The summed E-state index contributed by atoms with van der Waals surface area (Å²) in [7, 11) is 0. The molecule has 0 nitrogen and oxygen atoms in total. The zero-order valence-electron chi connectivity index (χ0n) is 16.3. The van der Waals surface area contributed by atoms with E-state index in [0.717, 1.165) is 44.1 Å². The summed E-state index contributed by atoms with van der Waals surface area (Å²) in [6.45, 7) is 2.21. The van der Waals surface area contributed by atoms with Crippen LogP contribution in [0.15, 0.2) is 71.2 Å². The zero-order valence-corrected chi connectivity index (χ0v) is 17.9. The molecule has 0 aliphatic heterocycles. The summed E-state index contributed by atoms with van der Waals surface area (Å²) in [6.07, 6.45) is 0.910. The molecule has 1 unspecified atom stereocenters. The molecular weight excluding hydrogens is 442 g/mol. The Hall–Kier alpha value is -2.78. The number of hydrogen-bond acceptors (Lipinski definition) is 0.